The summed E-state index contributed by atoms with van der Waals surface area (Å²) < 4.78 is 19.8. The number of hydrogen-bond donors (Lipinski definition) is 2. The van der Waals surface area contributed by atoms with Gasteiger partial charge in [-0.1, -0.05) is 24.3 Å². The quantitative estimate of drug-likeness (QED) is 0.272. The molecule has 9 nitrogen and oxygen atoms in total. The van der Waals surface area contributed by atoms with Crippen molar-refractivity contribution in [3.63, 3.8) is 0 Å². The lowest BCUT2D eigenvalue weighted by Crippen LogP contribution is -2.29. The topological polar surface area (TPSA) is 96.8 Å². The van der Waals surface area contributed by atoms with Crippen LogP contribution in [-0.4, -0.2) is 48.7 Å². The number of nitrogens with one attached hydrogen (secondary N) is 1. The van der Waals surface area contributed by atoms with Crippen LogP contribution >= 0.6 is 0 Å². The number of piperidine rings is 1. The van der Waals surface area contributed by atoms with Gasteiger partial charge in [0.2, 0.25) is 0 Å². The van der Waals surface area contributed by atoms with Crippen molar-refractivity contribution in [1.82, 2.24) is 23.4 Å². The first kappa shape index (κ1) is 28.7. The number of aryl methyl sites for hydroxylation is 1. The van der Waals surface area contributed by atoms with Crippen molar-refractivity contribution in [3.05, 3.63) is 123 Å². The molecule has 0 aliphatic carbocycles. The molecule has 1 fully saturated rings. The molecule has 0 spiro atoms. The van der Waals surface area contributed by atoms with Crippen molar-refractivity contribution < 1.29 is 9.50 Å². The number of benzene rings is 2. The number of halogens is 1. The van der Waals surface area contributed by atoms with Gasteiger partial charge >= 0.3 is 0 Å². The average Bonchev–Trinajstić information content (AvgIpc) is 3.43. The van der Waals surface area contributed by atoms with Crippen LogP contribution in [0.2, 0.25) is 0 Å². The van der Waals surface area contributed by atoms with E-state index in [0.717, 1.165) is 36.8 Å². The Balaban J connectivity index is 1.27. The van der Waals surface area contributed by atoms with Crippen molar-refractivity contribution in [1.29, 1.82) is 0 Å². The van der Waals surface area contributed by atoms with Crippen LogP contribution in [0.25, 0.3) is 33.2 Å². The molecular weight excluding hydrogens is 571 g/mol. The summed E-state index contributed by atoms with van der Waals surface area (Å²) in [5.74, 6) is 0.393. The second-order valence-corrected chi connectivity index (χ2v) is 11.8. The maximum absolute atomic E-state index is 15.3. The molecule has 1 saturated heterocycles. The van der Waals surface area contributed by atoms with Gasteiger partial charge in [-0.15, -0.1) is 0 Å². The molecule has 45 heavy (non-hydrogen) atoms. The average molecular weight is 605 g/mol. The lowest BCUT2D eigenvalue weighted by atomic mass is 9.91. The fraction of sp³-hybridized carbons (Fsp3) is 0.229. The molecule has 0 unspecified atom stereocenters. The smallest absolute Gasteiger partial charge is 0.279 e. The largest absolute Gasteiger partial charge is 0.392 e. The van der Waals surface area contributed by atoms with E-state index >= 15 is 4.39 Å². The van der Waals surface area contributed by atoms with Gasteiger partial charge in [-0.25, -0.2) is 9.37 Å². The minimum absolute atomic E-state index is 0.222. The highest BCUT2D eigenvalue weighted by Gasteiger charge is 2.20. The Morgan fingerprint density at radius 1 is 0.956 bits per heavy atom. The van der Waals surface area contributed by atoms with E-state index in [1.165, 1.54) is 26.8 Å². The number of aliphatic hydroxyl groups is 1. The maximum Gasteiger partial charge on any atom is 0.279 e. The lowest BCUT2D eigenvalue weighted by molar-refractivity contribution is 0.255. The van der Waals surface area contributed by atoms with E-state index in [0.29, 0.717) is 33.9 Å². The van der Waals surface area contributed by atoms with Crippen molar-refractivity contribution in [3.8, 4) is 16.8 Å². The number of aliphatic hydroxyl groups excluding tert-OH is 1. The summed E-state index contributed by atoms with van der Waals surface area (Å²) in [5.41, 5.74) is 3.54. The van der Waals surface area contributed by atoms with E-state index in [4.69, 9.17) is 0 Å². The highest BCUT2D eigenvalue weighted by atomic mass is 19.1. The fourth-order valence-corrected chi connectivity index (χ4v) is 6.43. The van der Waals surface area contributed by atoms with Gasteiger partial charge < -0.3 is 24.3 Å². The van der Waals surface area contributed by atoms with Crippen molar-refractivity contribution in [2.75, 3.05) is 25.5 Å². The number of nitrogens with zero attached hydrogens (tertiary/aromatic N) is 5. The van der Waals surface area contributed by atoms with Crippen molar-refractivity contribution in [2.24, 2.45) is 7.05 Å². The molecule has 1 aliphatic rings. The van der Waals surface area contributed by atoms with E-state index < -0.39 is 12.4 Å². The first-order valence-electron chi connectivity index (χ1n) is 15.0. The van der Waals surface area contributed by atoms with Gasteiger partial charge in [-0.3, -0.25) is 14.2 Å². The highest BCUT2D eigenvalue weighted by molar-refractivity contribution is 5.87. The number of fused-ring (bicyclic) bond motifs is 3. The van der Waals surface area contributed by atoms with Crippen LogP contribution in [-0.2, 0) is 13.7 Å². The van der Waals surface area contributed by atoms with Crippen LogP contribution in [0.4, 0.5) is 15.9 Å². The molecule has 10 heteroatoms. The van der Waals surface area contributed by atoms with Crippen molar-refractivity contribution in [2.45, 2.75) is 25.4 Å². The zero-order valence-corrected chi connectivity index (χ0v) is 25.1. The third kappa shape index (κ3) is 5.22. The Bertz CT molecular complexity index is 2180. The fourth-order valence-electron chi connectivity index (χ4n) is 6.43. The summed E-state index contributed by atoms with van der Waals surface area (Å²) in [6.45, 7) is 1.65. The van der Waals surface area contributed by atoms with Crippen molar-refractivity contribution >= 4 is 27.9 Å². The van der Waals surface area contributed by atoms with Crippen LogP contribution in [0.3, 0.4) is 0 Å². The molecule has 228 valence electrons. The molecule has 6 aromatic rings. The Hall–Kier alpha value is -5.06. The van der Waals surface area contributed by atoms with E-state index in [-0.39, 0.29) is 22.5 Å². The van der Waals surface area contributed by atoms with Crippen LogP contribution in [0.15, 0.2) is 95.0 Å². The Labute approximate surface area is 258 Å². The second-order valence-electron chi connectivity index (χ2n) is 11.8. The molecule has 0 bridgehead atoms. The van der Waals surface area contributed by atoms with E-state index in [9.17, 15) is 14.7 Å². The molecule has 7 rings (SSSR count). The maximum atomic E-state index is 15.3. The molecule has 0 radical (unpaired) electrons. The van der Waals surface area contributed by atoms with E-state index in [1.54, 1.807) is 42.2 Å². The second kappa shape index (κ2) is 11.5. The van der Waals surface area contributed by atoms with Crippen LogP contribution in [0.5, 0.6) is 0 Å². The summed E-state index contributed by atoms with van der Waals surface area (Å²) in [5, 5.41) is 14.6. The molecule has 0 atom stereocenters. The summed E-state index contributed by atoms with van der Waals surface area (Å²) in [7, 11) is 3.75. The Kier molecular flexibility index (Phi) is 7.31. The molecule has 2 aromatic carbocycles. The molecule has 1 aliphatic heterocycles. The molecule has 0 amide bonds. The Morgan fingerprint density at radius 3 is 2.51 bits per heavy atom. The monoisotopic (exact) mass is 604 g/mol. The van der Waals surface area contributed by atoms with Gasteiger partial charge in [0.25, 0.3) is 11.1 Å². The summed E-state index contributed by atoms with van der Waals surface area (Å²) in [6.07, 6.45) is 8.95. The molecule has 5 heterocycles. The number of para-hydroxylation sites is 1. The number of aromatic nitrogens is 4. The standard InChI is InChI=1S/C35H33FN6O3/c1-39-11-9-22(10-12-39)24-7-8-33(37-19-24)38-29-15-25(20-40(2)34(29)44)27-17-26(36)18-31(28(27)21-43)42-14-13-41-30-6-4-3-5-23(30)16-32(41)35(42)45/h3-8,13-20,22,43H,9-12,21H2,1-2H3,(H,37,38). The van der Waals surface area contributed by atoms with E-state index in [2.05, 4.69) is 22.2 Å². The minimum atomic E-state index is -0.584. The minimum Gasteiger partial charge on any atom is -0.392 e. The van der Waals surface area contributed by atoms with Crippen LogP contribution < -0.4 is 16.4 Å². The first-order chi connectivity index (χ1) is 21.8. The third-order valence-corrected chi connectivity index (χ3v) is 8.89. The number of anilines is 2. The first-order valence-corrected chi connectivity index (χ1v) is 15.0. The zero-order chi connectivity index (χ0) is 31.2. The number of pyridine rings is 2. The number of hydrogen-bond acceptors (Lipinski definition) is 6. The van der Waals surface area contributed by atoms with Gasteiger partial charge in [0.1, 0.15) is 22.8 Å². The summed E-state index contributed by atoms with van der Waals surface area (Å²) in [6, 6.07) is 17.5. The number of rotatable bonds is 6. The van der Waals surface area contributed by atoms with E-state index in [1.807, 2.05) is 42.6 Å². The Morgan fingerprint density at radius 2 is 1.76 bits per heavy atom. The molecule has 0 saturated carbocycles. The van der Waals surface area contributed by atoms with Crippen LogP contribution in [0.1, 0.15) is 29.9 Å². The van der Waals surface area contributed by atoms with Crippen LogP contribution in [0, 0.1) is 5.82 Å². The zero-order valence-electron chi connectivity index (χ0n) is 25.1. The lowest BCUT2D eigenvalue weighted by Gasteiger charge is -2.29. The van der Waals surface area contributed by atoms with Gasteiger partial charge in [0, 0.05) is 48.3 Å². The summed E-state index contributed by atoms with van der Waals surface area (Å²) >= 11 is 0. The third-order valence-electron chi connectivity index (χ3n) is 8.89. The van der Waals surface area contributed by atoms with Gasteiger partial charge in [-0.2, -0.15) is 0 Å². The highest BCUT2D eigenvalue weighted by Crippen LogP contribution is 2.32. The number of likely N-dealkylation sites (tertiary alicyclic amines) is 1. The van der Waals surface area contributed by atoms with Gasteiger partial charge in [0.05, 0.1) is 17.8 Å². The SMILES string of the molecule is CN1CCC(c2ccc(Nc3cc(-c4cc(F)cc(-n5ccn6c(cc7ccccc76)c5=O)c4CO)cn(C)c3=O)nc2)CC1. The normalized spacial score (nSPS) is 14.4. The summed E-state index contributed by atoms with van der Waals surface area (Å²) in [4.78, 5) is 33.8. The predicted molar refractivity (Wildman–Crippen MR) is 174 cm³/mol. The molecule has 2 N–H and O–H groups in total. The molecule has 4 aromatic heterocycles. The predicted octanol–water partition coefficient (Wildman–Crippen LogP) is 5.19. The van der Waals surface area contributed by atoms with Gasteiger partial charge in [-0.05, 0) is 86.4 Å². The molecular formula is C35H33FN6O3. The van der Waals surface area contributed by atoms with Gasteiger partial charge in [0.15, 0.2) is 0 Å².